The number of hydrogen-bond acceptors (Lipinski definition) is 3. The minimum atomic E-state index is -0.539. The van der Waals surface area contributed by atoms with Crippen molar-refractivity contribution >= 4 is 28.9 Å². The smallest absolute Gasteiger partial charge is 0.257 e. The Morgan fingerprint density at radius 2 is 2.05 bits per heavy atom. The van der Waals surface area contributed by atoms with Crippen LogP contribution in [0.2, 0.25) is 5.02 Å². The molecule has 0 atom stereocenters. The van der Waals surface area contributed by atoms with Gasteiger partial charge in [0.05, 0.1) is 18.4 Å². The fraction of sp³-hybridized carbons (Fsp3) is 0.0714. The third kappa shape index (κ3) is 3.00. The van der Waals surface area contributed by atoms with Gasteiger partial charge in [0.2, 0.25) is 0 Å². The second kappa shape index (κ2) is 5.79. The molecular weight excluding hydrogens is 283 g/mol. The Kier molecular flexibility index (Phi) is 4.10. The first-order chi connectivity index (χ1) is 9.51. The van der Waals surface area contributed by atoms with Crippen LogP contribution in [0.1, 0.15) is 10.4 Å². The van der Waals surface area contributed by atoms with Crippen molar-refractivity contribution in [3.05, 3.63) is 52.8 Å². The van der Waals surface area contributed by atoms with E-state index in [1.54, 1.807) is 12.1 Å². The second-order valence-corrected chi connectivity index (χ2v) is 4.47. The van der Waals surface area contributed by atoms with Gasteiger partial charge in [-0.25, -0.2) is 4.39 Å². The highest BCUT2D eigenvalue weighted by molar-refractivity contribution is 6.31. The van der Waals surface area contributed by atoms with Gasteiger partial charge >= 0.3 is 0 Å². The van der Waals surface area contributed by atoms with Crippen LogP contribution < -0.4 is 15.8 Å². The fourth-order valence-corrected chi connectivity index (χ4v) is 1.86. The summed E-state index contributed by atoms with van der Waals surface area (Å²) < 4.78 is 18.3. The summed E-state index contributed by atoms with van der Waals surface area (Å²) in [4.78, 5) is 12.1. The number of anilines is 2. The maximum absolute atomic E-state index is 13.2. The van der Waals surface area contributed by atoms with E-state index in [1.165, 1.54) is 25.3 Å². The first-order valence-corrected chi connectivity index (χ1v) is 6.09. The Morgan fingerprint density at radius 3 is 2.75 bits per heavy atom. The molecule has 2 aromatic carbocycles. The standard InChI is InChI=1S/C14H12ClFN2O2/c1-20-13-5-2-8(15)6-12(13)18-14(19)10-7-9(16)3-4-11(10)17/h2-7H,17H2,1H3,(H,18,19). The third-order valence-electron chi connectivity index (χ3n) is 2.67. The molecule has 0 spiro atoms. The second-order valence-electron chi connectivity index (χ2n) is 4.03. The van der Waals surface area contributed by atoms with Crippen molar-refractivity contribution in [2.45, 2.75) is 0 Å². The molecule has 0 fully saturated rings. The number of nitrogen functional groups attached to an aromatic ring is 1. The highest BCUT2D eigenvalue weighted by atomic mass is 35.5. The van der Waals surface area contributed by atoms with Crippen LogP contribution in [-0.2, 0) is 0 Å². The number of amides is 1. The first kappa shape index (κ1) is 14.1. The van der Waals surface area contributed by atoms with Gasteiger partial charge in [0.1, 0.15) is 11.6 Å². The van der Waals surface area contributed by atoms with Crippen LogP contribution in [0.25, 0.3) is 0 Å². The lowest BCUT2D eigenvalue weighted by Gasteiger charge is -2.11. The zero-order chi connectivity index (χ0) is 14.7. The zero-order valence-electron chi connectivity index (χ0n) is 10.6. The van der Waals surface area contributed by atoms with E-state index in [0.717, 1.165) is 6.07 Å². The van der Waals surface area contributed by atoms with Gasteiger partial charge in [-0.3, -0.25) is 4.79 Å². The predicted octanol–water partition coefficient (Wildman–Crippen LogP) is 3.32. The molecule has 0 saturated carbocycles. The number of ether oxygens (including phenoxy) is 1. The number of methoxy groups -OCH3 is 1. The van der Waals surface area contributed by atoms with Gasteiger partial charge in [0.15, 0.2) is 0 Å². The molecule has 0 bridgehead atoms. The van der Waals surface area contributed by atoms with Crippen LogP contribution >= 0.6 is 11.6 Å². The van der Waals surface area contributed by atoms with Crippen molar-refractivity contribution in [1.82, 2.24) is 0 Å². The summed E-state index contributed by atoms with van der Waals surface area (Å²) in [5, 5.41) is 3.03. The van der Waals surface area contributed by atoms with Gasteiger partial charge in [-0.1, -0.05) is 11.6 Å². The molecule has 2 rings (SSSR count). The molecular formula is C14H12ClFN2O2. The zero-order valence-corrected chi connectivity index (χ0v) is 11.4. The molecule has 104 valence electrons. The van der Waals surface area contributed by atoms with Crippen molar-refractivity contribution in [1.29, 1.82) is 0 Å². The summed E-state index contributed by atoms with van der Waals surface area (Å²) in [6.07, 6.45) is 0. The molecule has 0 aliphatic carbocycles. The number of halogens is 2. The first-order valence-electron chi connectivity index (χ1n) is 5.71. The number of hydrogen-bond donors (Lipinski definition) is 2. The molecule has 2 aromatic rings. The quantitative estimate of drug-likeness (QED) is 0.854. The molecule has 3 N–H and O–H groups in total. The Balaban J connectivity index is 2.32. The number of nitrogens with one attached hydrogen (secondary N) is 1. The summed E-state index contributed by atoms with van der Waals surface area (Å²) in [6.45, 7) is 0. The van der Waals surface area contributed by atoms with Crippen molar-refractivity contribution in [2.75, 3.05) is 18.2 Å². The van der Waals surface area contributed by atoms with Crippen LogP contribution in [-0.4, -0.2) is 13.0 Å². The van der Waals surface area contributed by atoms with E-state index in [2.05, 4.69) is 5.32 Å². The maximum atomic E-state index is 13.2. The predicted molar refractivity (Wildman–Crippen MR) is 76.8 cm³/mol. The number of benzene rings is 2. The van der Waals surface area contributed by atoms with Crippen molar-refractivity contribution in [3.63, 3.8) is 0 Å². The van der Waals surface area contributed by atoms with E-state index >= 15 is 0 Å². The lowest BCUT2D eigenvalue weighted by molar-refractivity contribution is 0.102. The Morgan fingerprint density at radius 1 is 1.30 bits per heavy atom. The number of nitrogens with two attached hydrogens (primary N) is 1. The van der Waals surface area contributed by atoms with Crippen molar-refractivity contribution in [2.24, 2.45) is 0 Å². The molecule has 1 amide bonds. The van der Waals surface area contributed by atoms with Gasteiger partial charge in [-0.2, -0.15) is 0 Å². The molecule has 4 nitrogen and oxygen atoms in total. The lowest BCUT2D eigenvalue weighted by Crippen LogP contribution is -2.15. The van der Waals surface area contributed by atoms with Crippen molar-refractivity contribution < 1.29 is 13.9 Å². The Labute approximate surface area is 120 Å². The SMILES string of the molecule is COc1ccc(Cl)cc1NC(=O)c1cc(F)ccc1N. The largest absolute Gasteiger partial charge is 0.495 e. The summed E-state index contributed by atoms with van der Waals surface area (Å²) >= 11 is 5.87. The highest BCUT2D eigenvalue weighted by Crippen LogP contribution is 2.28. The Bertz CT molecular complexity index is 662. The molecule has 6 heteroatoms. The summed E-state index contributed by atoms with van der Waals surface area (Å²) in [7, 11) is 1.47. The van der Waals surface area contributed by atoms with Crippen LogP contribution in [0, 0.1) is 5.82 Å². The van der Waals surface area contributed by atoms with E-state index in [0.29, 0.717) is 16.5 Å². The number of rotatable bonds is 3. The summed E-state index contributed by atoms with van der Waals surface area (Å²) in [5.74, 6) is -0.636. The van der Waals surface area contributed by atoms with Gasteiger partial charge in [-0.15, -0.1) is 0 Å². The van der Waals surface area contributed by atoms with Crippen LogP contribution in [0.5, 0.6) is 5.75 Å². The fourth-order valence-electron chi connectivity index (χ4n) is 1.69. The highest BCUT2D eigenvalue weighted by Gasteiger charge is 2.13. The van der Waals surface area contributed by atoms with E-state index < -0.39 is 11.7 Å². The van der Waals surface area contributed by atoms with E-state index in [4.69, 9.17) is 22.1 Å². The number of carbonyl (C=O) groups excluding carboxylic acids is 1. The van der Waals surface area contributed by atoms with Gasteiger partial charge in [0.25, 0.3) is 5.91 Å². The van der Waals surface area contributed by atoms with Crippen LogP contribution in [0.4, 0.5) is 15.8 Å². The molecule has 0 radical (unpaired) electrons. The molecule has 0 aromatic heterocycles. The minimum Gasteiger partial charge on any atom is -0.495 e. The van der Waals surface area contributed by atoms with E-state index in [9.17, 15) is 9.18 Å². The van der Waals surface area contributed by atoms with Gasteiger partial charge < -0.3 is 15.8 Å². The minimum absolute atomic E-state index is 0.0482. The molecule has 0 saturated heterocycles. The molecule has 0 heterocycles. The summed E-state index contributed by atoms with van der Waals surface area (Å²) in [5.41, 5.74) is 6.28. The molecule has 0 aliphatic rings. The number of carbonyl (C=O) groups is 1. The average molecular weight is 295 g/mol. The van der Waals surface area contributed by atoms with Crippen LogP contribution in [0.3, 0.4) is 0 Å². The summed E-state index contributed by atoms with van der Waals surface area (Å²) in [6, 6.07) is 8.38. The normalized spacial score (nSPS) is 10.2. The molecule has 0 unspecified atom stereocenters. The molecule has 20 heavy (non-hydrogen) atoms. The van der Waals surface area contributed by atoms with Crippen LogP contribution in [0.15, 0.2) is 36.4 Å². The maximum Gasteiger partial charge on any atom is 0.257 e. The van der Waals surface area contributed by atoms with Gasteiger partial charge in [0, 0.05) is 10.7 Å². The van der Waals surface area contributed by atoms with Gasteiger partial charge in [-0.05, 0) is 36.4 Å². The molecule has 0 aliphatic heterocycles. The third-order valence-corrected chi connectivity index (χ3v) is 2.90. The topological polar surface area (TPSA) is 64.3 Å². The van der Waals surface area contributed by atoms with E-state index in [-0.39, 0.29) is 11.3 Å². The monoisotopic (exact) mass is 294 g/mol. The van der Waals surface area contributed by atoms with Crippen molar-refractivity contribution in [3.8, 4) is 5.75 Å². The van der Waals surface area contributed by atoms with E-state index in [1.807, 2.05) is 0 Å². The average Bonchev–Trinajstić information content (AvgIpc) is 2.41. The lowest BCUT2D eigenvalue weighted by atomic mass is 10.1. The Hall–Kier alpha value is -2.27.